The Hall–Kier alpha value is -2.01. The number of rotatable bonds is 5. The van der Waals surface area contributed by atoms with Crippen LogP contribution in [0.4, 0.5) is 8.78 Å². The molecular weight excluding hydrogens is 262 g/mol. The van der Waals surface area contributed by atoms with Crippen molar-refractivity contribution in [1.29, 1.82) is 0 Å². The van der Waals surface area contributed by atoms with E-state index in [1.807, 2.05) is 12.1 Å². The van der Waals surface area contributed by atoms with Crippen LogP contribution in [0, 0.1) is 11.6 Å². The molecule has 0 amide bonds. The number of nitrogens with zero attached hydrogens (tertiary/aromatic N) is 1. The van der Waals surface area contributed by atoms with Crippen LogP contribution in [0.1, 0.15) is 17.2 Å². The molecule has 2 aromatic rings. The first-order chi connectivity index (χ1) is 9.65. The fraction of sp³-hybridized carbons (Fsp3) is 0.267. The Morgan fingerprint density at radius 2 is 2.05 bits per heavy atom. The number of halogens is 2. The Balaban J connectivity index is 2.26. The van der Waals surface area contributed by atoms with Crippen molar-refractivity contribution in [3.05, 3.63) is 59.3 Å². The van der Waals surface area contributed by atoms with Crippen molar-refractivity contribution >= 4 is 0 Å². The maximum atomic E-state index is 13.2. The van der Waals surface area contributed by atoms with Gasteiger partial charge in [-0.1, -0.05) is 12.1 Å². The summed E-state index contributed by atoms with van der Waals surface area (Å²) in [6.07, 6.45) is 2.16. The molecule has 0 saturated heterocycles. The van der Waals surface area contributed by atoms with Gasteiger partial charge < -0.3 is 10.1 Å². The Morgan fingerprint density at radius 3 is 2.70 bits per heavy atom. The first-order valence-corrected chi connectivity index (χ1v) is 6.25. The first kappa shape index (κ1) is 14.4. The molecule has 0 aliphatic rings. The van der Waals surface area contributed by atoms with E-state index in [0.29, 0.717) is 17.9 Å². The largest absolute Gasteiger partial charge is 0.481 e. The predicted octanol–water partition coefficient (Wildman–Crippen LogP) is 2.87. The molecular formula is C15H16F2N2O. The van der Waals surface area contributed by atoms with E-state index >= 15 is 0 Å². The van der Waals surface area contributed by atoms with Gasteiger partial charge in [-0.2, -0.15) is 0 Å². The monoisotopic (exact) mass is 278 g/mol. The van der Waals surface area contributed by atoms with E-state index in [1.165, 1.54) is 6.07 Å². The third-order valence-electron chi connectivity index (χ3n) is 3.14. The number of nitrogens with one attached hydrogen (secondary N) is 1. The Morgan fingerprint density at radius 1 is 1.25 bits per heavy atom. The second kappa shape index (κ2) is 6.43. The van der Waals surface area contributed by atoms with Crippen LogP contribution < -0.4 is 10.1 Å². The van der Waals surface area contributed by atoms with Gasteiger partial charge in [-0.3, -0.25) is 0 Å². The number of hydrogen-bond donors (Lipinski definition) is 1. The maximum Gasteiger partial charge on any atom is 0.217 e. The SMILES string of the molecule is CNC(Cc1ccc(F)c(F)c1)c1cccnc1OC. The minimum Gasteiger partial charge on any atom is -0.481 e. The van der Waals surface area contributed by atoms with E-state index in [0.717, 1.165) is 11.6 Å². The molecule has 0 saturated carbocycles. The minimum atomic E-state index is -0.839. The van der Waals surface area contributed by atoms with Gasteiger partial charge in [0.1, 0.15) is 0 Å². The molecule has 0 aliphatic heterocycles. The fourth-order valence-electron chi connectivity index (χ4n) is 2.11. The van der Waals surface area contributed by atoms with Gasteiger partial charge >= 0.3 is 0 Å². The molecule has 1 unspecified atom stereocenters. The molecule has 20 heavy (non-hydrogen) atoms. The van der Waals surface area contributed by atoms with Crippen molar-refractivity contribution in [2.75, 3.05) is 14.2 Å². The summed E-state index contributed by atoms with van der Waals surface area (Å²) < 4.78 is 31.4. The minimum absolute atomic E-state index is 0.0940. The molecule has 1 aromatic heterocycles. The molecule has 1 N–H and O–H groups in total. The fourth-order valence-corrected chi connectivity index (χ4v) is 2.11. The molecule has 0 bridgehead atoms. The molecule has 3 nitrogen and oxygen atoms in total. The van der Waals surface area contributed by atoms with Crippen molar-refractivity contribution in [2.45, 2.75) is 12.5 Å². The molecule has 0 spiro atoms. The average molecular weight is 278 g/mol. The van der Waals surface area contributed by atoms with Gasteiger partial charge in [0.25, 0.3) is 0 Å². The smallest absolute Gasteiger partial charge is 0.217 e. The number of hydrogen-bond acceptors (Lipinski definition) is 3. The summed E-state index contributed by atoms with van der Waals surface area (Å²) in [5.41, 5.74) is 1.58. The molecule has 1 atom stereocenters. The number of methoxy groups -OCH3 is 1. The molecule has 106 valence electrons. The highest BCUT2D eigenvalue weighted by Crippen LogP contribution is 2.25. The lowest BCUT2D eigenvalue weighted by Gasteiger charge is -2.18. The zero-order chi connectivity index (χ0) is 14.5. The van der Waals surface area contributed by atoms with E-state index in [-0.39, 0.29) is 6.04 Å². The summed E-state index contributed by atoms with van der Waals surface area (Å²) in [5.74, 6) is -1.15. The van der Waals surface area contributed by atoms with Gasteiger partial charge in [0.2, 0.25) is 5.88 Å². The maximum absolute atomic E-state index is 13.2. The van der Waals surface area contributed by atoms with Crippen molar-refractivity contribution < 1.29 is 13.5 Å². The Bertz CT molecular complexity index is 590. The quantitative estimate of drug-likeness (QED) is 0.913. The number of benzene rings is 1. The normalized spacial score (nSPS) is 12.2. The number of ether oxygens (including phenoxy) is 1. The lowest BCUT2D eigenvalue weighted by Crippen LogP contribution is -2.20. The number of likely N-dealkylation sites (N-methyl/N-ethyl adjacent to an activating group) is 1. The van der Waals surface area contributed by atoms with E-state index in [2.05, 4.69) is 10.3 Å². The molecule has 1 aromatic carbocycles. The van der Waals surface area contributed by atoms with Crippen LogP contribution in [0.5, 0.6) is 5.88 Å². The topological polar surface area (TPSA) is 34.2 Å². The van der Waals surface area contributed by atoms with Crippen LogP contribution in [-0.4, -0.2) is 19.1 Å². The molecule has 0 aliphatic carbocycles. The number of pyridine rings is 1. The van der Waals surface area contributed by atoms with Crippen LogP contribution in [0.3, 0.4) is 0 Å². The van der Waals surface area contributed by atoms with Crippen LogP contribution in [0.15, 0.2) is 36.5 Å². The predicted molar refractivity (Wildman–Crippen MR) is 72.7 cm³/mol. The summed E-state index contributed by atoms with van der Waals surface area (Å²) >= 11 is 0. The standard InChI is InChI=1S/C15H16F2N2O/c1-18-14(11-4-3-7-19-15(11)20-2)9-10-5-6-12(16)13(17)8-10/h3-8,14,18H,9H2,1-2H3. The van der Waals surface area contributed by atoms with Gasteiger partial charge in [-0.05, 0) is 37.2 Å². The molecule has 0 fully saturated rings. The summed E-state index contributed by atoms with van der Waals surface area (Å²) in [4.78, 5) is 4.14. The van der Waals surface area contributed by atoms with E-state index in [1.54, 1.807) is 26.4 Å². The second-order valence-electron chi connectivity index (χ2n) is 4.40. The van der Waals surface area contributed by atoms with Crippen LogP contribution in [0.2, 0.25) is 0 Å². The molecule has 5 heteroatoms. The van der Waals surface area contributed by atoms with Crippen LogP contribution >= 0.6 is 0 Å². The van der Waals surface area contributed by atoms with Gasteiger partial charge in [0.05, 0.1) is 7.11 Å². The molecule has 0 radical (unpaired) electrons. The summed E-state index contributed by atoms with van der Waals surface area (Å²) in [5, 5.41) is 3.14. The van der Waals surface area contributed by atoms with Crippen molar-refractivity contribution in [3.63, 3.8) is 0 Å². The highest BCUT2D eigenvalue weighted by Gasteiger charge is 2.16. The van der Waals surface area contributed by atoms with Crippen LogP contribution in [0.25, 0.3) is 0 Å². The number of aromatic nitrogens is 1. The average Bonchev–Trinajstić information content (AvgIpc) is 2.48. The summed E-state index contributed by atoms with van der Waals surface area (Å²) in [6, 6.07) is 7.54. The Kier molecular flexibility index (Phi) is 4.63. The van der Waals surface area contributed by atoms with E-state index < -0.39 is 11.6 Å². The summed E-state index contributed by atoms with van der Waals surface area (Å²) in [6.45, 7) is 0. The first-order valence-electron chi connectivity index (χ1n) is 6.25. The highest BCUT2D eigenvalue weighted by molar-refractivity contribution is 5.31. The van der Waals surface area contributed by atoms with Gasteiger partial charge in [-0.25, -0.2) is 13.8 Å². The van der Waals surface area contributed by atoms with E-state index in [4.69, 9.17) is 4.74 Å². The van der Waals surface area contributed by atoms with Gasteiger partial charge in [0, 0.05) is 17.8 Å². The lowest BCUT2D eigenvalue weighted by atomic mass is 9.99. The second-order valence-corrected chi connectivity index (χ2v) is 4.40. The lowest BCUT2D eigenvalue weighted by molar-refractivity contribution is 0.384. The highest BCUT2D eigenvalue weighted by atomic mass is 19.2. The van der Waals surface area contributed by atoms with Crippen LogP contribution in [-0.2, 0) is 6.42 Å². The zero-order valence-corrected chi connectivity index (χ0v) is 11.4. The third-order valence-corrected chi connectivity index (χ3v) is 3.14. The zero-order valence-electron chi connectivity index (χ0n) is 11.4. The molecule has 2 rings (SSSR count). The van der Waals surface area contributed by atoms with Gasteiger partial charge in [0.15, 0.2) is 11.6 Å². The van der Waals surface area contributed by atoms with Crippen molar-refractivity contribution in [3.8, 4) is 5.88 Å². The van der Waals surface area contributed by atoms with E-state index in [9.17, 15) is 8.78 Å². The van der Waals surface area contributed by atoms with Gasteiger partial charge in [-0.15, -0.1) is 0 Å². The molecule has 1 heterocycles. The third kappa shape index (κ3) is 3.11. The van der Waals surface area contributed by atoms with Crippen molar-refractivity contribution in [2.24, 2.45) is 0 Å². The Labute approximate surface area is 116 Å². The summed E-state index contributed by atoms with van der Waals surface area (Å²) in [7, 11) is 3.35. The van der Waals surface area contributed by atoms with Crippen molar-refractivity contribution in [1.82, 2.24) is 10.3 Å².